The fourth-order valence-electron chi connectivity index (χ4n) is 1.23. The van der Waals surface area contributed by atoms with Gasteiger partial charge in [0.05, 0.1) is 6.20 Å². The van der Waals surface area contributed by atoms with Crippen LogP contribution in [-0.2, 0) is 9.05 Å². The van der Waals surface area contributed by atoms with E-state index in [-0.39, 0.29) is 16.5 Å². The lowest BCUT2D eigenvalue weighted by molar-refractivity contribution is 0.597. The number of rotatable bonds is 2. The van der Waals surface area contributed by atoms with Crippen molar-refractivity contribution >= 4 is 31.3 Å². The molecule has 0 bridgehead atoms. The Morgan fingerprint density at radius 2 is 2.06 bits per heavy atom. The first kappa shape index (κ1) is 12.8. The molecule has 2 heterocycles. The topological polar surface area (TPSA) is 102 Å². The third-order valence-electron chi connectivity index (χ3n) is 1.91. The minimum atomic E-state index is -4.14. The van der Waals surface area contributed by atoms with Crippen molar-refractivity contribution in [2.75, 3.05) is 0 Å². The molecule has 92 valence electrons. The second kappa shape index (κ2) is 4.53. The first-order chi connectivity index (χ1) is 8.43. The molecule has 0 spiro atoms. The molecule has 0 aliphatic rings. The van der Waals surface area contributed by atoms with Crippen LogP contribution in [-0.4, -0.2) is 28.4 Å². The summed E-state index contributed by atoms with van der Waals surface area (Å²) in [5.74, 6) is 0.0834. The maximum atomic E-state index is 11.4. The Balaban J connectivity index is 2.70. The summed E-state index contributed by atoms with van der Waals surface area (Å²) in [6, 6.07) is 4.49. The highest BCUT2D eigenvalue weighted by molar-refractivity contribution is 8.13. The van der Waals surface area contributed by atoms with Gasteiger partial charge >= 0.3 is 0 Å². The Morgan fingerprint density at radius 3 is 2.56 bits per heavy atom. The molecule has 0 fully saturated rings. The average Bonchev–Trinajstić information content (AvgIpc) is 2.73. The zero-order valence-corrected chi connectivity index (χ0v) is 10.8. The van der Waals surface area contributed by atoms with Crippen LogP contribution in [0.25, 0.3) is 5.82 Å². The smallest absolute Gasteiger partial charge is 0.205 e. The van der Waals surface area contributed by atoms with Crippen molar-refractivity contribution in [3.05, 3.63) is 29.0 Å². The van der Waals surface area contributed by atoms with Crippen LogP contribution in [0.2, 0.25) is 5.15 Å². The second-order valence-corrected chi connectivity index (χ2v) is 5.91. The summed E-state index contributed by atoms with van der Waals surface area (Å²) in [6.45, 7) is 0. The van der Waals surface area contributed by atoms with Gasteiger partial charge in [0.25, 0.3) is 9.05 Å². The van der Waals surface area contributed by atoms with Crippen molar-refractivity contribution in [2.45, 2.75) is 5.03 Å². The standard InChI is InChI=1S/C8H3Cl2N5O2S/c9-6-1-2-7(14-13-6)15-8(18(10,16)17)5(3-11)4-12-15/h1-2,4H. The number of nitriles is 1. The fourth-order valence-corrected chi connectivity index (χ4v) is 2.49. The molecular weight excluding hydrogens is 301 g/mol. The van der Waals surface area contributed by atoms with E-state index in [2.05, 4.69) is 15.3 Å². The molecule has 2 aromatic rings. The van der Waals surface area contributed by atoms with Crippen LogP contribution in [0.4, 0.5) is 0 Å². The van der Waals surface area contributed by atoms with Gasteiger partial charge in [-0.1, -0.05) is 11.6 Å². The highest BCUT2D eigenvalue weighted by Gasteiger charge is 2.24. The summed E-state index contributed by atoms with van der Waals surface area (Å²) < 4.78 is 23.7. The van der Waals surface area contributed by atoms with Crippen molar-refractivity contribution in [1.29, 1.82) is 5.26 Å². The summed E-state index contributed by atoms with van der Waals surface area (Å²) in [7, 11) is 1.11. The van der Waals surface area contributed by atoms with E-state index in [4.69, 9.17) is 27.5 Å². The monoisotopic (exact) mass is 303 g/mol. The van der Waals surface area contributed by atoms with E-state index in [1.807, 2.05) is 0 Å². The van der Waals surface area contributed by atoms with Crippen LogP contribution in [0.15, 0.2) is 23.4 Å². The van der Waals surface area contributed by atoms with Gasteiger partial charge in [0.2, 0.25) is 0 Å². The van der Waals surface area contributed by atoms with Gasteiger partial charge in [0, 0.05) is 10.7 Å². The summed E-state index contributed by atoms with van der Waals surface area (Å²) in [5, 5.41) is 19.4. The van der Waals surface area contributed by atoms with Gasteiger partial charge in [-0.3, -0.25) is 0 Å². The van der Waals surface area contributed by atoms with Crippen molar-refractivity contribution in [2.24, 2.45) is 0 Å². The third-order valence-corrected chi connectivity index (χ3v) is 3.41. The molecule has 0 aliphatic carbocycles. The summed E-state index contributed by atoms with van der Waals surface area (Å²) in [5.41, 5.74) is -0.179. The molecule has 0 aliphatic heterocycles. The molecule has 0 amide bonds. The molecule has 0 radical (unpaired) electrons. The molecule has 0 atom stereocenters. The maximum absolute atomic E-state index is 11.4. The molecule has 0 saturated heterocycles. The van der Waals surface area contributed by atoms with Crippen LogP contribution < -0.4 is 0 Å². The molecule has 7 nitrogen and oxygen atoms in total. The largest absolute Gasteiger partial charge is 0.280 e. The van der Waals surface area contributed by atoms with Gasteiger partial charge in [-0.15, -0.1) is 10.2 Å². The summed E-state index contributed by atoms with van der Waals surface area (Å²) >= 11 is 5.56. The first-order valence-electron chi connectivity index (χ1n) is 4.36. The average molecular weight is 304 g/mol. The quantitative estimate of drug-likeness (QED) is 0.770. The van der Waals surface area contributed by atoms with Crippen molar-refractivity contribution in [3.63, 3.8) is 0 Å². The molecule has 0 unspecified atom stereocenters. The number of nitrogens with zero attached hydrogens (tertiary/aromatic N) is 5. The highest BCUT2D eigenvalue weighted by atomic mass is 35.7. The maximum Gasteiger partial charge on any atom is 0.280 e. The van der Waals surface area contributed by atoms with Crippen LogP contribution >= 0.6 is 22.3 Å². The van der Waals surface area contributed by atoms with E-state index in [0.717, 1.165) is 10.9 Å². The molecular formula is C8H3Cl2N5O2S. The fraction of sp³-hybridized carbons (Fsp3) is 0. The molecule has 2 aromatic heterocycles. The van der Waals surface area contributed by atoms with Gasteiger partial charge in [-0.05, 0) is 12.1 Å². The summed E-state index contributed by atoms with van der Waals surface area (Å²) in [4.78, 5) is 0. The Morgan fingerprint density at radius 1 is 1.33 bits per heavy atom. The molecule has 0 aromatic carbocycles. The molecule has 0 N–H and O–H groups in total. The van der Waals surface area contributed by atoms with Gasteiger partial charge in [-0.25, -0.2) is 8.42 Å². The van der Waals surface area contributed by atoms with E-state index in [1.54, 1.807) is 6.07 Å². The van der Waals surface area contributed by atoms with Crippen LogP contribution in [0.1, 0.15) is 5.56 Å². The Hall–Kier alpha value is -1.69. The van der Waals surface area contributed by atoms with Gasteiger partial charge < -0.3 is 0 Å². The van der Waals surface area contributed by atoms with Gasteiger partial charge in [-0.2, -0.15) is 15.0 Å². The lowest BCUT2D eigenvalue weighted by Gasteiger charge is -2.02. The summed E-state index contributed by atoms with van der Waals surface area (Å²) in [6.07, 6.45) is 1.07. The van der Waals surface area contributed by atoms with Crippen LogP contribution in [0.3, 0.4) is 0 Å². The van der Waals surface area contributed by atoms with Crippen LogP contribution in [0.5, 0.6) is 0 Å². The van der Waals surface area contributed by atoms with Crippen LogP contribution in [0, 0.1) is 11.3 Å². The lowest BCUT2D eigenvalue weighted by Crippen LogP contribution is -2.08. The zero-order chi connectivity index (χ0) is 13.3. The number of halogens is 2. The number of hydrogen-bond acceptors (Lipinski definition) is 6. The Kier molecular flexibility index (Phi) is 3.21. The number of hydrogen-bond donors (Lipinski definition) is 0. The molecule has 10 heteroatoms. The predicted octanol–water partition coefficient (Wildman–Crippen LogP) is 1.11. The van der Waals surface area contributed by atoms with Crippen molar-refractivity contribution < 1.29 is 8.42 Å². The van der Waals surface area contributed by atoms with E-state index in [0.29, 0.717) is 0 Å². The Labute approximate surface area is 111 Å². The second-order valence-electron chi connectivity index (χ2n) is 3.04. The number of aromatic nitrogens is 4. The van der Waals surface area contributed by atoms with E-state index in [1.165, 1.54) is 12.1 Å². The highest BCUT2D eigenvalue weighted by Crippen LogP contribution is 2.22. The molecule has 18 heavy (non-hydrogen) atoms. The van der Waals surface area contributed by atoms with Gasteiger partial charge in [0.15, 0.2) is 16.0 Å². The lowest BCUT2D eigenvalue weighted by atomic mass is 10.4. The SMILES string of the molecule is N#Cc1cnn(-c2ccc(Cl)nn2)c1S(=O)(=O)Cl. The Bertz CT molecular complexity index is 732. The first-order valence-corrected chi connectivity index (χ1v) is 7.04. The van der Waals surface area contributed by atoms with E-state index < -0.39 is 14.1 Å². The van der Waals surface area contributed by atoms with Crippen molar-refractivity contribution in [3.8, 4) is 11.9 Å². The minimum absolute atomic E-state index is 0.0834. The van der Waals surface area contributed by atoms with Gasteiger partial charge in [0.1, 0.15) is 11.6 Å². The van der Waals surface area contributed by atoms with E-state index >= 15 is 0 Å². The minimum Gasteiger partial charge on any atom is -0.205 e. The predicted molar refractivity (Wildman–Crippen MR) is 61.9 cm³/mol. The normalized spacial score (nSPS) is 11.2. The molecule has 2 rings (SSSR count). The third kappa shape index (κ3) is 2.28. The molecule has 0 saturated carbocycles. The van der Waals surface area contributed by atoms with E-state index in [9.17, 15) is 8.42 Å². The van der Waals surface area contributed by atoms with Crippen molar-refractivity contribution in [1.82, 2.24) is 20.0 Å². The zero-order valence-electron chi connectivity index (χ0n) is 8.45.